The molecule has 0 aliphatic carbocycles. The Balaban J connectivity index is 1.63. The number of nitrogens with one attached hydrogen (secondary N) is 1. The van der Waals surface area contributed by atoms with E-state index in [9.17, 15) is 9.59 Å². The first kappa shape index (κ1) is 20.5. The zero-order valence-electron chi connectivity index (χ0n) is 18.0. The van der Waals surface area contributed by atoms with Crippen molar-refractivity contribution in [2.75, 3.05) is 12.5 Å². The largest absolute Gasteiger partial charge is 0.378 e. The first-order valence-corrected chi connectivity index (χ1v) is 10.3. The van der Waals surface area contributed by atoms with Gasteiger partial charge in [-0.3, -0.25) is 15.0 Å². The van der Waals surface area contributed by atoms with Gasteiger partial charge in [0.05, 0.1) is 17.9 Å². The lowest BCUT2D eigenvalue weighted by atomic mass is 10.1. The van der Waals surface area contributed by atoms with Gasteiger partial charge in [-0.2, -0.15) is 5.10 Å². The number of carbonyl (C=O) groups is 1. The molecule has 0 fully saturated rings. The summed E-state index contributed by atoms with van der Waals surface area (Å²) in [5, 5.41) is 13.2. The molecular formula is C24H20N6O3. The van der Waals surface area contributed by atoms with Crippen LogP contribution in [0.25, 0.3) is 27.8 Å². The van der Waals surface area contributed by atoms with E-state index in [1.54, 1.807) is 29.8 Å². The molecule has 9 heteroatoms. The molecule has 164 valence electrons. The number of pyridine rings is 1. The number of ether oxygens (including phenoxy) is 1. The highest BCUT2D eigenvalue weighted by atomic mass is 16.5. The second-order valence-electron chi connectivity index (χ2n) is 7.54. The maximum atomic E-state index is 13.1. The summed E-state index contributed by atoms with van der Waals surface area (Å²) in [4.78, 5) is 25.8. The fourth-order valence-electron chi connectivity index (χ4n) is 3.81. The summed E-state index contributed by atoms with van der Waals surface area (Å²) in [7, 11) is 1.60. The predicted octanol–water partition coefficient (Wildman–Crippen LogP) is 2.94. The van der Waals surface area contributed by atoms with Crippen LogP contribution >= 0.6 is 0 Å². The normalized spacial score (nSPS) is 11.2. The summed E-state index contributed by atoms with van der Waals surface area (Å²) in [5.41, 5.74) is 6.88. The highest BCUT2D eigenvalue weighted by Crippen LogP contribution is 2.28. The van der Waals surface area contributed by atoms with Crippen LogP contribution in [0.2, 0.25) is 0 Å². The standard InChI is InChI=1S/C24H20N6O3/c1-15-8-6-7-11-17(15)23(31)28-29-13-12-19-21(24(29)32)25-26-22-20(16-9-4-3-5-10-16)18(14-33-2)27-30(19)22/h3-13H,14H2,1-2H3,(H,28,31). The number of nitrogens with zero attached hydrogens (tertiary/aromatic N) is 5. The number of rotatable bonds is 5. The smallest absolute Gasteiger partial charge is 0.299 e. The highest BCUT2D eigenvalue weighted by Gasteiger charge is 2.20. The van der Waals surface area contributed by atoms with Crippen molar-refractivity contribution in [2.45, 2.75) is 13.5 Å². The van der Waals surface area contributed by atoms with Gasteiger partial charge in [-0.25, -0.2) is 9.19 Å². The van der Waals surface area contributed by atoms with E-state index in [0.717, 1.165) is 21.4 Å². The van der Waals surface area contributed by atoms with Gasteiger partial charge in [0.2, 0.25) is 0 Å². The Labute approximate surface area is 188 Å². The van der Waals surface area contributed by atoms with Crippen LogP contribution in [0, 0.1) is 6.92 Å². The van der Waals surface area contributed by atoms with Gasteiger partial charge in [-0.1, -0.05) is 48.5 Å². The van der Waals surface area contributed by atoms with Gasteiger partial charge in [0.15, 0.2) is 11.2 Å². The molecule has 0 atom stereocenters. The lowest BCUT2D eigenvalue weighted by Gasteiger charge is -2.10. The van der Waals surface area contributed by atoms with E-state index >= 15 is 0 Å². The molecule has 0 saturated heterocycles. The van der Waals surface area contributed by atoms with Gasteiger partial charge >= 0.3 is 0 Å². The zero-order chi connectivity index (χ0) is 22.9. The number of aryl methyl sites for hydroxylation is 1. The summed E-state index contributed by atoms with van der Waals surface area (Å²) >= 11 is 0. The average Bonchev–Trinajstić information content (AvgIpc) is 3.20. The van der Waals surface area contributed by atoms with E-state index in [2.05, 4.69) is 20.7 Å². The predicted molar refractivity (Wildman–Crippen MR) is 124 cm³/mol. The summed E-state index contributed by atoms with van der Waals surface area (Å²) in [6.45, 7) is 2.11. The molecule has 3 heterocycles. The quantitative estimate of drug-likeness (QED) is 0.451. The maximum absolute atomic E-state index is 13.1. The first-order valence-electron chi connectivity index (χ1n) is 10.3. The van der Waals surface area contributed by atoms with E-state index in [4.69, 9.17) is 4.74 Å². The van der Waals surface area contributed by atoms with Crippen LogP contribution in [0.1, 0.15) is 21.6 Å². The van der Waals surface area contributed by atoms with Crippen LogP contribution in [0.15, 0.2) is 71.7 Å². The van der Waals surface area contributed by atoms with Gasteiger partial charge in [-0.15, -0.1) is 10.2 Å². The number of amides is 1. The number of aromatic nitrogens is 5. The Morgan fingerprint density at radius 3 is 2.55 bits per heavy atom. The molecule has 0 aliphatic rings. The van der Waals surface area contributed by atoms with Gasteiger partial charge in [0.25, 0.3) is 11.5 Å². The molecule has 1 N–H and O–H groups in total. The summed E-state index contributed by atoms with van der Waals surface area (Å²) in [6.07, 6.45) is 1.49. The zero-order valence-corrected chi connectivity index (χ0v) is 18.0. The van der Waals surface area contributed by atoms with Crippen molar-refractivity contribution in [1.82, 2.24) is 24.5 Å². The molecule has 5 rings (SSSR count). The van der Waals surface area contributed by atoms with Crippen molar-refractivity contribution >= 4 is 22.6 Å². The molecule has 5 aromatic rings. The average molecular weight is 440 g/mol. The van der Waals surface area contributed by atoms with Crippen molar-refractivity contribution in [2.24, 2.45) is 0 Å². The molecule has 2 aromatic carbocycles. The van der Waals surface area contributed by atoms with Crippen molar-refractivity contribution in [1.29, 1.82) is 0 Å². The minimum atomic E-state index is -0.506. The number of carbonyl (C=O) groups excluding carboxylic acids is 1. The third-order valence-corrected chi connectivity index (χ3v) is 5.41. The van der Waals surface area contributed by atoms with Crippen LogP contribution in [0.5, 0.6) is 0 Å². The van der Waals surface area contributed by atoms with Crippen molar-refractivity contribution < 1.29 is 9.53 Å². The molecule has 0 unspecified atom stereocenters. The van der Waals surface area contributed by atoms with E-state index in [0.29, 0.717) is 22.4 Å². The van der Waals surface area contributed by atoms with Crippen LogP contribution in [0.4, 0.5) is 0 Å². The molecule has 3 aromatic heterocycles. The summed E-state index contributed by atoms with van der Waals surface area (Å²) in [5.74, 6) is -0.392. The van der Waals surface area contributed by atoms with E-state index in [-0.39, 0.29) is 12.1 Å². The monoisotopic (exact) mass is 440 g/mol. The van der Waals surface area contributed by atoms with Crippen LogP contribution in [-0.4, -0.2) is 37.5 Å². The number of hydrogen-bond acceptors (Lipinski definition) is 6. The number of benzene rings is 2. The minimum absolute atomic E-state index is 0.0844. The Morgan fingerprint density at radius 2 is 1.79 bits per heavy atom. The molecule has 0 bridgehead atoms. The summed E-state index contributed by atoms with van der Waals surface area (Å²) < 4.78 is 8.03. The molecule has 9 nitrogen and oxygen atoms in total. The van der Waals surface area contributed by atoms with E-state index in [1.807, 2.05) is 49.4 Å². The van der Waals surface area contributed by atoms with E-state index < -0.39 is 11.5 Å². The molecule has 0 radical (unpaired) electrons. The van der Waals surface area contributed by atoms with Crippen LogP contribution in [0.3, 0.4) is 0 Å². The summed E-state index contributed by atoms with van der Waals surface area (Å²) in [6, 6.07) is 18.5. The highest BCUT2D eigenvalue weighted by molar-refractivity contribution is 6.01. The first-order chi connectivity index (χ1) is 16.1. The second kappa shape index (κ2) is 8.29. The number of fused-ring (bicyclic) bond motifs is 3. The fraction of sp³-hybridized carbons (Fsp3) is 0.125. The molecule has 33 heavy (non-hydrogen) atoms. The molecule has 0 aliphatic heterocycles. The number of methoxy groups -OCH3 is 1. The molecule has 0 saturated carbocycles. The Morgan fingerprint density at radius 1 is 1.03 bits per heavy atom. The topological polar surface area (TPSA) is 103 Å². The van der Waals surface area contributed by atoms with Crippen molar-refractivity contribution in [3.05, 3.63) is 94.0 Å². The van der Waals surface area contributed by atoms with Crippen LogP contribution in [-0.2, 0) is 11.3 Å². The van der Waals surface area contributed by atoms with Crippen molar-refractivity contribution in [3.8, 4) is 11.1 Å². The fourth-order valence-corrected chi connectivity index (χ4v) is 3.81. The molecular weight excluding hydrogens is 420 g/mol. The third kappa shape index (κ3) is 3.54. The third-order valence-electron chi connectivity index (χ3n) is 5.41. The molecule has 1 amide bonds. The van der Waals surface area contributed by atoms with Gasteiger partial charge in [0, 0.05) is 18.9 Å². The number of hydrogen-bond donors (Lipinski definition) is 1. The lowest BCUT2D eigenvalue weighted by molar-refractivity contribution is 0.101. The second-order valence-corrected chi connectivity index (χ2v) is 7.54. The van der Waals surface area contributed by atoms with Gasteiger partial charge in [0.1, 0.15) is 5.52 Å². The van der Waals surface area contributed by atoms with E-state index in [1.165, 1.54) is 6.20 Å². The van der Waals surface area contributed by atoms with Gasteiger partial charge in [-0.05, 0) is 30.2 Å². The lowest BCUT2D eigenvalue weighted by Crippen LogP contribution is -2.33. The minimum Gasteiger partial charge on any atom is -0.378 e. The Bertz CT molecular complexity index is 1560. The van der Waals surface area contributed by atoms with Crippen LogP contribution < -0.4 is 11.0 Å². The van der Waals surface area contributed by atoms with Crippen molar-refractivity contribution in [3.63, 3.8) is 0 Å². The molecule has 0 spiro atoms. The van der Waals surface area contributed by atoms with Gasteiger partial charge < -0.3 is 4.74 Å². The maximum Gasteiger partial charge on any atom is 0.299 e. The Hall–Kier alpha value is -4.37. The Kier molecular flexibility index (Phi) is 5.15. The SMILES string of the molecule is COCc1nn2c(nnc3c(=O)n(NC(=O)c4ccccc4C)ccc32)c1-c1ccccc1.